The molecule has 6 nitrogen and oxygen atoms in total. The lowest BCUT2D eigenvalue weighted by Crippen LogP contribution is -2.15. The maximum Gasteiger partial charge on any atom is 0.449 e. The predicted molar refractivity (Wildman–Crippen MR) is 77.1 cm³/mol. The summed E-state index contributed by atoms with van der Waals surface area (Å²) in [5.41, 5.74) is 0.956. The van der Waals surface area contributed by atoms with E-state index in [0.29, 0.717) is 10.7 Å². The van der Waals surface area contributed by atoms with Gasteiger partial charge < -0.3 is 0 Å². The van der Waals surface area contributed by atoms with Crippen molar-refractivity contribution in [1.82, 2.24) is 9.78 Å². The molecular formula is C12H10Cl2N5O+. The van der Waals surface area contributed by atoms with Crippen LogP contribution in [0.4, 0.5) is 11.5 Å². The van der Waals surface area contributed by atoms with Gasteiger partial charge in [0.1, 0.15) is 0 Å². The van der Waals surface area contributed by atoms with Crippen LogP contribution in [0.1, 0.15) is 16.1 Å². The number of nitrogens with zero attached hydrogens (tertiary/aromatic N) is 4. The molecule has 0 atom stereocenters. The van der Waals surface area contributed by atoms with Gasteiger partial charge in [0.15, 0.2) is 10.7 Å². The first kappa shape index (κ1) is 14.3. The van der Waals surface area contributed by atoms with Crippen LogP contribution in [0.25, 0.3) is 4.98 Å². The molecule has 1 aromatic heterocycles. The third kappa shape index (κ3) is 2.59. The van der Waals surface area contributed by atoms with Crippen molar-refractivity contribution in [1.29, 1.82) is 5.39 Å². The molecule has 0 bridgehead atoms. The van der Waals surface area contributed by atoms with Crippen LogP contribution in [0.2, 0.25) is 10.0 Å². The van der Waals surface area contributed by atoms with Gasteiger partial charge in [0.25, 0.3) is 5.91 Å². The van der Waals surface area contributed by atoms with Gasteiger partial charge in [0.2, 0.25) is 11.2 Å². The average molecular weight is 311 g/mol. The number of diazo groups is 1. The van der Waals surface area contributed by atoms with Crippen molar-refractivity contribution in [3.8, 4) is 0 Å². The second-order valence-corrected chi connectivity index (χ2v) is 4.93. The molecule has 0 spiro atoms. The fourth-order valence-electron chi connectivity index (χ4n) is 1.76. The van der Waals surface area contributed by atoms with E-state index in [2.05, 4.69) is 15.4 Å². The summed E-state index contributed by atoms with van der Waals surface area (Å²) in [6, 6.07) is 4.55. The van der Waals surface area contributed by atoms with Gasteiger partial charge in [-0.2, -0.15) is 5.10 Å². The number of nitrogens with one attached hydrogen (secondary N) is 1. The molecule has 102 valence electrons. The lowest BCUT2D eigenvalue weighted by molar-refractivity contribution is 0.102. The molecule has 0 aliphatic heterocycles. The number of hydrogen-bond acceptors (Lipinski definition) is 3. The van der Waals surface area contributed by atoms with Gasteiger partial charge in [-0.1, -0.05) is 23.2 Å². The first-order chi connectivity index (χ1) is 9.43. The number of aryl methyl sites for hydroxylation is 2. The second kappa shape index (κ2) is 5.49. The zero-order chi connectivity index (χ0) is 14.9. The number of hydrogen-bond donors (Lipinski definition) is 1. The van der Waals surface area contributed by atoms with Gasteiger partial charge in [0, 0.05) is 12.1 Å². The Hall–Kier alpha value is -2.10. The topological polar surface area (TPSA) is 75.1 Å². The van der Waals surface area contributed by atoms with Crippen LogP contribution in [0, 0.1) is 12.3 Å². The molecule has 1 N–H and O–H groups in total. The van der Waals surface area contributed by atoms with Crippen LogP contribution >= 0.6 is 23.2 Å². The summed E-state index contributed by atoms with van der Waals surface area (Å²) in [5, 5.41) is 16.3. The Kier molecular flexibility index (Phi) is 3.93. The largest absolute Gasteiger partial charge is 0.449 e. The van der Waals surface area contributed by atoms with Gasteiger partial charge in [-0.15, -0.1) is 0 Å². The zero-order valence-electron chi connectivity index (χ0n) is 10.7. The number of carbonyl (C=O) groups is 1. The molecule has 0 aliphatic carbocycles. The molecule has 20 heavy (non-hydrogen) atoms. The number of halogens is 2. The van der Waals surface area contributed by atoms with E-state index < -0.39 is 5.91 Å². The predicted octanol–water partition coefficient (Wildman–Crippen LogP) is 3.77. The van der Waals surface area contributed by atoms with E-state index in [9.17, 15) is 4.79 Å². The number of amides is 1. The summed E-state index contributed by atoms with van der Waals surface area (Å²) >= 11 is 11.7. The van der Waals surface area contributed by atoms with E-state index in [4.69, 9.17) is 28.6 Å². The molecule has 0 radical (unpaired) electrons. The van der Waals surface area contributed by atoms with Crippen LogP contribution in [-0.4, -0.2) is 15.7 Å². The van der Waals surface area contributed by atoms with Gasteiger partial charge in [-0.25, -0.2) is 4.68 Å². The molecule has 1 heterocycles. The molecule has 0 aliphatic rings. The first-order valence-corrected chi connectivity index (χ1v) is 6.34. The molecule has 2 rings (SSSR count). The minimum atomic E-state index is -0.445. The van der Waals surface area contributed by atoms with Gasteiger partial charge in [-0.3, -0.25) is 10.1 Å². The van der Waals surface area contributed by atoms with Gasteiger partial charge in [-0.05, 0) is 25.1 Å². The Morgan fingerprint density at radius 1 is 1.45 bits per heavy atom. The van der Waals surface area contributed by atoms with E-state index >= 15 is 0 Å². The summed E-state index contributed by atoms with van der Waals surface area (Å²) in [7, 11) is 1.63. The lowest BCUT2D eigenvalue weighted by atomic mass is 10.2. The minimum absolute atomic E-state index is 0.200. The Morgan fingerprint density at radius 3 is 2.75 bits per heavy atom. The Labute approximate surface area is 124 Å². The molecular weight excluding hydrogens is 301 g/mol. The SMILES string of the molecule is Cc1nn(C)c(NC(=O)c2ccc(Cl)cc2Cl)c1[N+]#N. The molecule has 0 fully saturated rings. The van der Waals surface area contributed by atoms with Crippen LogP contribution < -0.4 is 5.32 Å². The molecule has 8 heteroatoms. The molecule has 2 aromatic rings. The summed E-state index contributed by atoms with van der Waals surface area (Å²) in [4.78, 5) is 15.3. The average Bonchev–Trinajstić information content (AvgIpc) is 2.63. The third-order valence-corrected chi connectivity index (χ3v) is 3.25. The van der Waals surface area contributed by atoms with Crippen molar-refractivity contribution in [2.75, 3.05) is 5.32 Å². The molecule has 0 saturated carbocycles. The van der Waals surface area contributed by atoms with Crippen molar-refractivity contribution >= 4 is 40.6 Å². The highest BCUT2D eigenvalue weighted by atomic mass is 35.5. The van der Waals surface area contributed by atoms with E-state index in [1.807, 2.05) is 0 Å². The Morgan fingerprint density at radius 2 is 2.15 bits per heavy atom. The summed E-state index contributed by atoms with van der Waals surface area (Å²) in [5.74, 6) is -0.166. The zero-order valence-corrected chi connectivity index (χ0v) is 12.2. The van der Waals surface area contributed by atoms with E-state index in [0.717, 1.165) is 0 Å². The fraction of sp³-hybridized carbons (Fsp3) is 0.167. The van der Waals surface area contributed by atoms with Crippen molar-refractivity contribution in [3.63, 3.8) is 0 Å². The standard InChI is InChI=1S/C12H9Cl2N5O/c1-6-10(17-15)11(19(2)18-6)16-12(20)8-4-3-7(13)5-9(8)14/h3-5H,1-2H3/p+1. The van der Waals surface area contributed by atoms with Crippen LogP contribution in [0.3, 0.4) is 0 Å². The second-order valence-electron chi connectivity index (χ2n) is 4.08. The fourth-order valence-corrected chi connectivity index (χ4v) is 2.25. The van der Waals surface area contributed by atoms with Crippen LogP contribution in [-0.2, 0) is 7.05 Å². The minimum Gasteiger partial charge on any atom is -0.300 e. The van der Waals surface area contributed by atoms with E-state index in [-0.39, 0.29) is 22.1 Å². The maximum absolute atomic E-state index is 12.2. The molecule has 1 aromatic carbocycles. The Bertz CT molecular complexity index is 732. The van der Waals surface area contributed by atoms with Gasteiger partial charge in [0.05, 0.1) is 10.6 Å². The van der Waals surface area contributed by atoms with Crippen molar-refractivity contribution < 1.29 is 4.79 Å². The van der Waals surface area contributed by atoms with Crippen LogP contribution in [0.5, 0.6) is 0 Å². The highest BCUT2D eigenvalue weighted by Gasteiger charge is 2.26. The molecule has 1 amide bonds. The van der Waals surface area contributed by atoms with E-state index in [1.54, 1.807) is 20.0 Å². The molecule has 0 unspecified atom stereocenters. The van der Waals surface area contributed by atoms with Crippen LogP contribution in [0.15, 0.2) is 18.2 Å². The van der Waals surface area contributed by atoms with Gasteiger partial charge >= 0.3 is 5.69 Å². The Balaban J connectivity index is 2.36. The number of anilines is 1. The smallest absolute Gasteiger partial charge is 0.300 e. The summed E-state index contributed by atoms with van der Waals surface area (Å²) < 4.78 is 1.41. The highest BCUT2D eigenvalue weighted by Crippen LogP contribution is 2.29. The monoisotopic (exact) mass is 310 g/mol. The highest BCUT2D eigenvalue weighted by molar-refractivity contribution is 6.37. The number of rotatable bonds is 2. The van der Waals surface area contributed by atoms with Crippen molar-refractivity contribution in [2.24, 2.45) is 7.05 Å². The normalized spacial score (nSPS) is 10.2. The maximum atomic E-state index is 12.2. The number of benzene rings is 1. The number of carbonyl (C=O) groups excluding carboxylic acids is 1. The summed E-state index contributed by atoms with van der Waals surface area (Å²) in [6.45, 7) is 1.67. The lowest BCUT2D eigenvalue weighted by Gasteiger charge is -2.05. The van der Waals surface area contributed by atoms with E-state index in [1.165, 1.54) is 16.8 Å². The molecule has 0 saturated heterocycles. The van der Waals surface area contributed by atoms with Crippen molar-refractivity contribution in [2.45, 2.75) is 6.92 Å². The summed E-state index contributed by atoms with van der Waals surface area (Å²) in [6.07, 6.45) is 0. The number of aromatic nitrogens is 2. The van der Waals surface area contributed by atoms with Crippen molar-refractivity contribution in [3.05, 3.63) is 44.5 Å². The third-order valence-electron chi connectivity index (χ3n) is 2.70. The quantitative estimate of drug-likeness (QED) is 0.858. The first-order valence-electron chi connectivity index (χ1n) is 5.59.